The summed E-state index contributed by atoms with van der Waals surface area (Å²) in [6.07, 6.45) is 1.89. The normalized spacial score (nSPS) is 22.9. The topological polar surface area (TPSA) is 51.2 Å². The first kappa shape index (κ1) is 15.3. The summed E-state index contributed by atoms with van der Waals surface area (Å²) in [7, 11) is 0. The van der Waals surface area contributed by atoms with Crippen LogP contribution in [0.4, 0.5) is 0 Å². The molecule has 1 aliphatic rings. The lowest BCUT2D eigenvalue weighted by atomic mass is 9.94. The number of carbonyl (C=O) groups excluding carboxylic acids is 1. The van der Waals surface area contributed by atoms with Gasteiger partial charge >= 0.3 is 0 Å². The van der Waals surface area contributed by atoms with Crippen LogP contribution in [0.15, 0.2) is 12.1 Å². The van der Waals surface area contributed by atoms with Gasteiger partial charge in [0.1, 0.15) is 5.15 Å². The van der Waals surface area contributed by atoms with E-state index in [1.807, 2.05) is 20.8 Å². The van der Waals surface area contributed by atoms with Crippen LogP contribution in [0.3, 0.4) is 0 Å². The molecule has 5 heteroatoms. The lowest BCUT2D eigenvalue weighted by molar-refractivity contribution is 0.0272. The lowest BCUT2D eigenvalue weighted by Gasteiger charge is -2.34. The maximum absolute atomic E-state index is 12.4. The number of hydrogen-bond donors (Lipinski definition) is 1. The van der Waals surface area contributed by atoms with Crippen LogP contribution in [-0.2, 0) is 4.74 Å². The van der Waals surface area contributed by atoms with E-state index in [1.54, 1.807) is 12.1 Å². The van der Waals surface area contributed by atoms with Crippen LogP contribution >= 0.6 is 11.6 Å². The largest absolute Gasteiger partial charge is 0.379 e. The van der Waals surface area contributed by atoms with Crippen molar-refractivity contribution < 1.29 is 9.53 Å². The third-order valence-electron chi connectivity index (χ3n) is 3.52. The molecular formula is C15H21ClN2O2. The second-order valence-corrected chi connectivity index (χ2v) is 6.32. The van der Waals surface area contributed by atoms with E-state index >= 15 is 0 Å². The van der Waals surface area contributed by atoms with Crippen molar-refractivity contribution >= 4 is 17.5 Å². The van der Waals surface area contributed by atoms with Crippen LogP contribution in [0.1, 0.15) is 55.6 Å². The predicted octanol–water partition coefficient (Wildman–Crippen LogP) is 3.16. The standard InChI is InChI=1S/C15H21ClN2O2/c1-10(2)12-7-11(8-13(16)17-12)14(19)18-15(3)5-4-6-20-9-15/h7-8,10H,4-6,9H2,1-3H3,(H,18,19). The lowest BCUT2D eigenvalue weighted by Crippen LogP contribution is -2.51. The Hall–Kier alpha value is -1.13. The minimum absolute atomic E-state index is 0.121. The molecule has 0 radical (unpaired) electrons. The molecule has 1 amide bonds. The van der Waals surface area contributed by atoms with Gasteiger partial charge in [0.25, 0.3) is 5.91 Å². The molecule has 110 valence electrons. The Labute approximate surface area is 124 Å². The number of nitrogens with one attached hydrogen (secondary N) is 1. The van der Waals surface area contributed by atoms with Crippen molar-refractivity contribution in [3.63, 3.8) is 0 Å². The summed E-state index contributed by atoms with van der Waals surface area (Å²) in [5.74, 6) is 0.109. The summed E-state index contributed by atoms with van der Waals surface area (Å²) in [5.41, 5.74) is 1.08. The number of amides is 1. The number of pyridine rings is 1. The summed E-state index contributed by atoms with van der Waals surface area (Å²) in [5, 5.41) is 3.41. The van der Waals surface area contributed by atoms with E-state index < -0.39 is 0 Å². The van der Waals surface area contributed by atoms with E-state index in [0.717, 1.165) is 25.1 Å². The van der Waals surface area contributed by atoms with E-state index in [1.165, 1.54) is 0 Å². The van der Waals surface area contributed by atoms with Crippen LogP contribution in [0, 0.1) is 0 Å². The predicted molar refractivity (Wildman–Crippen MR) is 79.3 cm³/mol. The fourth-order valence-corrected chi connectivity index (χ4v) is 2.54. The van der Waals surface area contributed by atoms with Gasteiger partial charge < -0.3 is 10.1 Å². The van der Waals surface area contributed by atoms with Crippen LogP contribution in [0.5, 0.6) is 0 Å². The van der Waals surface area contributed by atoms with E-state index in [-0.39, 0.29) is 17.4 Å². The highest BCUT2D eigenvalue weighted by Crippen LogP contribution is 2.21. The average molecular weight is 297 g/mol. The van der Waals surface area contributed by atoms with Gasteiger partial charge in [0.05, 0.1) is 12.1 Å². The minimum Gasteiger partial charge on any atom is -0.379 e. The summed E-state index contributed by atoms with van der Waals surface area (Å²) >= 11 is 6.00. The fraction of sp³-hybridized carbons (Fsp3) is 0.600. The average Bonchev–Trinajstić information content (AvgIpc) is 2.38. The van der Waals surface area contributed by atoms with Gasteiger partial charge in [-0.25, -0.2) is 4.98 Å². The zero-order chi connectivity index (χ0) is 14.8. The molecule has 2 heterocycles. The molecule has 1 saturated heterocycles. The van der Waals surface area contributed by atoms with Crippen LogP contribution in [-0.4, -0.2) is 29.6 Å². The van der Waals surface area contributed by atoms with Crippen LogP contribution in [0.25, 0.3) is 0 Å². The first-order chi connectivity index (χ1) is 9.39. The molecule has 1 unspecified atom stereocenters. The number of hydrogen-bond acceptors (Lipinski definition) is 3. The first-order valence-corrected chi connectivity index (χ1v) is 7.35. The number of nitrogens with zero attached hydrogens (tertiary/aromatic N) is 1. The Bertz CT molecular complexity index is 497. The van der Waals surface area contributed by atoms with Crippen molar-refractivity contribution in [3.05, 3.63) is 28.5 Å². The SMILES string of the molecule is CC(C)c1cc(C(=O)NC2(C)CCCOC2)cc(Cl)n1. The molecule has 0 aliphatic carbocycles. The Morgan fingerprint density at radius 3 is 2.85 bits per heavy atom. The monoisotopic (exact) mass is 296 g/mol. The van der Waals surface area contributed by atoms with Crippen molar-refractivity contribution in [2.75, 3.05) is 13.2 Å². The summed E-state index contributed by atoms with van der Waals surface area (Å²) in [6.45, 7) is 7.38. The van der Waals surface area contributed by atoms with E-state index in [4.69, 9.17) is 16.3 Å². The second kappa shape index (κ2) is 6.10. The van der Waals surface area contributed by atoms with Gasteiger partial charge in [0, 0.05) is 17.9 Å². The van der Waals surface area contributed by atoms with E-state index in [2.05, 4.69) is 10.3 Å². The fourth-order valence-electron chi connectivity index (χ4n) is 2.32. The van der Waals surface area contributed by atoms with E-state index in [0.29, 0.717) is 17.3 Å². The maximum atomic E-state index is 12.4. The molecule has 1 aromatic heterocycles. The maximum Gasteiger partial charge on any atom is 0.251 e. The molecule has 2 rings (SSSR count). The number of carbonyl (C=O) groups is 1. The summed E-state index contributed by atoms with van der Waals surface area (Å²) < 4.78 is 5.45. The molecule has 0 spiro atoms. The molecule has 0 bridgehead atoms. The first-order valence-electron chi connectivity index (χ1n) is 6.97. The van der Waals surface area contributed by atoms with Gasteiger partial charge in [0.15, 0.2) is 0 Å². The van der Waals surface area contributed by atoms with Crippen molar-refractivity contribution in [1.82, 2.24) is 10.3 Å². The molecule has 1 fully saturated rings. The molecule has 0 saturated carbocycles. The van der Waals surface area contributed by atoms with Gasteiger partial charge in [-0.05, 0) is 37.8 Å². The highest BCUT2D eigenvalue weighted by atomic mass is 35.5. The Morgan fingerprint density at radius 1 is 1.50 bits per heavy atom. The highest BCUT2D eigenvalue weighted by Gasteiger charge is 2.29. The third-order valence-corrected chi connectivity index (χ3v) is 3.71. The van der Waals surface area contributed by atoms with Crippen molar-refractivity contribution in [1.29, 1.82) is 0 Å². The summed E-state index contributed by atoms with van der Waals surface area (Å²) in [4.78, 5) is 16.6. The summed E-state index contributed by atoms with van der Waals surface area (Å²) in [6, 6.07) is 3.41. The molecule has 20 heavy (non-hydrogen) atoms. The molecule has 1 aliphatic heterocycles. The van der Waals surface area contributed by atoms with Crippen LogP contribution in [0.2, 0.25) is 5.15 Å². The van der Waals surface area contributed by atoms with Crippen LogP contribution < -0.4 is 5.32 Å². The van der Waals surface area contributed by atoms with E-state index in [9.17, 15) is 4.79 Å². The number of rotatable bonds is 3. The van der Waals surface area contributed by atoms with Gasteiger partial charge in [-0.2, -0.15) is 0 Å². The molecule has 1 N–H and O–H groups in total. The second-order valence-electron chi connectivity index (χ2n) is 5.93. The Kier molecular flexibility index (Phi) is 4.66. The highest BCUT2D eigenvalue weighted by molar-refractivity contribution is 6.29. The zero-order valence-electron chi connectivity index (χ0n) is 12.2. The van der Waals surface area contributed by atoms with Gasteiger partial charge in [0.2, 0.25) is 0 Å². The smallest absolute Gasteiger partial charge is 0.251 e. The zero-order valence-corrected chi connectivity index (χ0v) is 13.0. The molecule has 4 nitrogen and oxygen atoms in total. The van der Waals surface area contributed by atoms with Crippen molar-refractivity contribution in [2.24, 2.45) is 0 Å². The third kappa shape index (κ3) is 3.70. The molecule has 1 atom stereocenters. The number of aromatic nitrogens is 1. The number of ether oxygens (including phenoxy) is 1. The minimum atomic E-state index is -0.303. The molecular weight excluding hydrogens is 276 g/mol. The van der Waals surface area contributed by atoms with Crippen molar-refractivity contribution in [2.45, 2.75) is 45.1 Å². The number of halogens is 1. The van der Waals surface area contributed by atoms with Gasteiger partial charge in [-0.3, -0.25) is 4.79 Å². The Balaban J connectivity index is 2.16. The Morgan fingerprint density at radius 2 is 2.25 bits per heavy atom. The van der Waals surface area contributed by atoms with Crippen molar-refractivity contribution in [3.8, 4) is 0 Å². The quantitative estimate of drug-likeness (QED) is 0.872. The van der Waals surface area contributed by atoms with Gasteiger partial charge in [-0.1, -0.05) is 25.4 Å². The molecule has 0 aromatic carbocycles. The van der Waals surface area contributed by atoms with Gasteiger partial charge in [-0.15, -0.1) is 0 Å². The molecule has 1 aromatic rings.